The van der Waals surface area contributed by atoms with Crippen LogP contribution in [0.3, 0.4) is 0 Å². The summed E-state index contributed by atoms with van der Waals surface area (Å²) in [5, 5.41) is 0. The number of benzene rings is 3. The largest absolute Gasteiger partial charge is 0.473 e. The molecule has 0 aliphatic rings. The first kappa shape index (κ1) is 16.6. The van der Waals surface area contributed by atoms with Gasteiger partial charge in [0.1, 0.15) is 17.2 Å². The highest BCUT2D eigenvalue weighted by molar-refractivity contribution is 5.86. The molecule has 0 aliphatic heterocycles. The van der Waals surface area contributed by atoms with Crippen LogP contribution in [0, 0.1) is 0 Å². The number of carbonyl (C=O) groups is 1. The molecule has 1 unspecified atom stereocenters. The zero-order valence-electron chi connectivity index (χ0n) is 13.9. The summed E-state index contributed by atoms with van der Waals surface area (Å²) >= 11 is 0. The number of primary amides is 1. The van der Waals surface area contributed by atoms with Gasteiger partial charge in [0.25, 0.3) is 5.91 Å². The van der Waals surface area contributed by atoms with E-state index in [9.17, 15) is 4.79 Å². The number of rotatable bonds is 6. The Morgan fingerprint density at radius 2 is 1.32 bits per heavy atom. The van der Waals surface area contributed by atoms with Gasteiger partial charge < -0.3 is 15.2 Å². The van der Waals surface area contributed by atoms with Gasteiger partial charge in [0.15, 0.2) is 0 Å². The van der Waals surface area contributed by atoms with Crippen molar-refractivity contribution < 1.29 is 14.3 Å². The zero-order valence-corrected chi connectivity index (χ0v) is 13.9. The highest BCUT2D eigenvalue weighted by atomic mass is 16.5. The van der Waals surface area contributed by atoms with Gasteiger partial charge in [-0.05, 0) is 37.3 Å². The first-order valence-corrected chi connectivity index (χ1v) is 7.96. The van der Waals surface area contributed by atoms with Crippen LogP contribution in [0.4, 0.5) is 0 Å². The second-order valence-electron chi connectivity index (χ2n) is 5.72. The molecule has 1 amide bonds. The van der Waals surface area contributed by atoms with Crippen LogP contribution in [0.15, 0.2) is 84.9 Å². The molecule has 0 heterocycles. The third-order valence-electron chi connectivity index (χ3n) is 3.91. The number of nitrogens with two attached hydrogens (primary N) is 1. The summed E-state index contributed by atoms with van der Waals surface area (Å²) in [5.41, 5.74) is 4.89. The predicted molar refractivity (Wildman–Crippen MR) is 96.6 cm³/mol. The Labute approximate surface area is 146 Å². The molecule has 0 radical (unpaired) electrons. The van der Waals surface area contributed by atoms with Crippen LogP contribution in [-0.2, 0) is 10.4 Å². The lowest BCUT2D eigenvalue weighted by Gasteiger charge is -2.29. The number of para-hydroxylation sites is 3. The van der Waals surface area contributed by atoms with Crippen molar-refractivity contribution in [2.45, 2.75) is 12.5 Å². The standard InChI is InChI=1S/C21H19NO3/c1-21(20(22)23,25-17-12-6-3-7-13-17)18-14-8-9-15-19(18)24-16-10-4-2-5-11-16/h2-15H,1H3,(H2,22,23). The van der Waals surface area contributed by atoms with Crippen molar-refractivity contribution in [3.63, 3.8) is 0 Å². The fourth-order valence-corrected chi connectivity index (χ4v) is 2.53. The van der Waals surface area contributed by atoms with E-state index in [2.05, 4.69) is 0 Å². The van der Waals surface area contributed by atoms with Gasteiger partial charge in [0.2, 0.25) is 5.60 Å². The van der Waals surface area contributed by atoms with Gasteiger partial charge in [0, 0.05) is 5.56 Å². The van der Waals surface area contributed by atoms with Gasteiger partial charge in [-0.2, -0.15) is 0 Å². The molecule has 0 fully saturated rings. The van der Waals surface area contributed by atoms with E-state index in [1.807, 2.05) is 60.7 Å². The lowest BCUT2D eigenvalue weighted by atomic mass is 9.93. The van der Waals surface area contributed by atoms with E-state index in [1.54, 1.807) is 31.2 Å². The van der Waals surface area contributed by atoms with Crippen LogP contribution in [0.2, 0.25) is 0 Å². The van der Waals surface area contributed by atoms with Crippen LogP contribution in [0.5, 0.6) is 17.2 Å². The first-order valence-electron chi connectivity index (χ1n) is 7.96. The van der Waals surface area contributed by atoms with E-state index in [-0.39, 0.29) is 0 Å². The molecule has 1 atom stereocenters. The fourth-order valence-electron chi connectivity index (χ4n) is 2.53. The van der Waals surface area contributed by atoms with Gasteiger partial charge in [-0.1, -0.05) is 54.6 Å². The van der Waals surface area contributed by atoms with E-state index in [0.717, 1.165) is 0 Å². The highest BCUT2D eigenvalue weighted by Gasteiger charge is 2.38. The van der Waals surface area contributed by atoms with Crippen LogP contribution >= 0.6 is 0 Å². The van der Waals surface area contributed by atoms with E-state index < -0.39 is 11.5 Å². The van der Waals surface area contributed by atoms with Crippen molar-refractivity contribution in [1.29, 1.82) is 0 Å². The van der Waals surface area contributed by atoms with Crippen molar-refractivity contribution >= 4 is 5.91 Å². The summed E-state index contributed by atoms with van der Waals surface area (Å²) in [6.07, 6.45) is 0. The van der Waals surface area contributed by atoms with E-state index in [4.69, 9.17) is 15.2 Å². The third-order valence-corrected chi connectivity index (χ3v) is 3.91. The van der Waals surface area contributed by atoms with Gasteiger partial charge in [-0.15, -0.1) is 0 Å². The third kappa shape index (κ3) is 3.63. The van der Waals surface area contributed by atoms with Crippen LogP contribution < -0.4 is 15.2 Å². The quantitative estimate of drug-likeness (QED) is 0.733. The summed E-state index contributed by atoms with van der Waals surface area (Å²) in [6.45, 7) is 1.65. The molecular weight excluding hydrogens is 314 g/mol. The van der Waals surface area contributed by atoms with Crippen LogP contribution in [0.25, 0.3) is 0 Å². The molecule has 0 aliphatic carbocycles. The van der Waals surface area contributed by atoms with Crippen molar-refractivity contribution in [2.75, 3.05) is 0 Å². The van der Waals surface area contributed by atoms with Gasteiger partial charge >= 0.3 is 0 Å². The number of ether oxygens (including phenoxy) is 2. The SMILES string of the molecule is CC(Oc1ccccc1)(C(N)=O)c1ccccc1Oc1ccccc1. The lowest BCUT2D eigenvalue weighted by molar-refractivity contribution is -0.132. The van der Waals surface area contributed by atoms with E-state index >= 15 is 0 Å². The zero-order chi connectivity index (χ0) is 17.7. The molecule has 4 heteroatoms. The maximum Gasteiger partial charge on any atom is 0.266 e. The Morgan fingerprint density at radius 1 is 0.800 bits per heavy atom. The molecule has 4 nitrogen and oxygen atoms in total. The normalized spacial score (nSPS) is 12.8. The Bertz CT molecular complexity index is 849. The van der Waals surface area contributed by atoms with Crippen molar-refractivity contribution in [1.82, 2.24) is 0 Å². The molecule has 25 heavy (non-hydrogen) atoms. The lowest BCUT2D eigenvalue weighted by Crippen LogP contribution is -2.43. The second kappa shape index (κ2) is 7.09. The smallest absolute Gasteiger partial charge is 0.266 e. The average molecular weight is 333 g/mol. The minimum absolute atomic E-state index is 0.519. The van der Waals surface area contributed by atoms with Crippen LogP contribution in [0.1, 0.15) is 12.5 Å². The average Bonchev–Trinajstić information content (AvgIpc) is 2.63. The summed E-state index contributed by atoms with van der Waals surface area (Å²) in [4.78, 5) is 12.3. The minimum atomic E-state index is -1.37. The van der Waals surface area contributed by atoms with Crippen molar-refractivity contribution in [3.8, 4) is 17.2 Å². The van der Waals surface area contributed by atoms with Gasteiger partial charge in [0.05, 0.1) is 0 Å². The molecule has 0 saturated carbocycles. The molecular formula is C21H19NO3. The van der Waals surface area contributed by atoms with Gasteiger partial charge in [-0.3, -0.25) is 4.79 Å². The molecule has 3 rings (SSSR count). The molecule has 0 spiro atoms. The maximum atomic E-state index is 12.3. The number of amides is 1. The Kier molecular flexibility index (Phi) is 4.70. The fraction of sp³-hybridized carbons (Fsp3) is 0.0952. The predicted octanol–water partition coefficient (Wildman–Crippen LogP) is 4.26. The first-order chi connectivity index (χ1) is 12.1. The molecule has 3 aromatic carbocycles. The topological polar surface area (TPSA) is 61.5 Å². The molecule has 0 bridgehead atoms. The number of hydrogen-bond donors (Lipinski definition) is 1. The van der Waals surface area contributed by atoms with E-state index in [1.165, 1.54) is 0 Å². The minimum Gasteiger partial charge on any atom is -0.473 e. The van der Waals surface area contributed by atoms with Crippen molar-refractivity contribution in [3.05, 3.63) is 90.5 Å². The molecule has 3 aromatic rings. The Hall–Kier alpha value is -3.27. The Balaban J connectivity index is 2.01. The summed E-state index contributed by atoms with van der Waals surface area (Å²) in [6, 6.07) is 25.7. The molecule has 2 N–H and O–H groups in total. The summed E-state index contributed by atoms with van der Waals surface area (Å²) < 4.78 is 11.9. The van der Waals surface area contributed by atoms with Crippen LogP contribution in [-0.4, -0.2) is 5.91 Å². The summed E-state index contributed by atoms with van der Waals surface area (Å²) in [5.74, 6) is 1.14. The second-order valence-corrected chi connectivity index (χ2v) is 5.72. The number of carbonyl (C=O) groups excluding carboxylic acids is 1. The number of hydrogen-bond acceptors (Lipinski definition) is 3. The molecule has 126 valence electrons. The highest BCUT2D eigenvalue weighted by Crippen LogP contribution is 2.36. The van der Waals surface area contributed by atoms with E-state index in [0.29, 0.717) is 22.8 Å². The molecule has 0 saturated heterocycles. The summed E-state index contributed by atoms with van der Waals surface area (Å²) in [7, 11) is 0. The maximum absolute atomic E-state index is 12.3. The van der Waals surface area contributed by atoms with Crippen molar-refractivity contribution in [2.24, 2.45) is 5.73 Å². The molecule has 0 aromatic heterocycles. The Morgan fingerprint density at radius 3 is 1.92 bits per heavy atom. The van der Waals surface area contributed by atoms with Gasteiger partial charge in [-0.25, -0.2) is 0 Å². The monoisotopic (exact) mass is 333 g/mol.